The van der Waals surface area contributed by atoms with Crippen LogP contribution in [0.15, 0.2) is 18.2 Å². The number of nitrogens with zero attached hydrogens (tertiary/aromatic N) is 2. The van der Waals surface area contributed by atoms with Crippen LogP contribution in [0.25, 0.3) is 0 Å². The molecule has 0 aliphatic carbocycles. The minimum absolute atomic E-state index is 0.0189. The first kappa shape index (κ1) is 16.6. The molecule has 0 unspecified atom stereocenters. The predicted molar refractivity (Wildman–Crippen MR) is 80.8 cm³/mol. The molecule has 120 valence electrons. The first-order valence-corrected chi connectivity index (χ1v) is 7.08. The standard InChI is InChI=1S/C13H18BN2O6/c17-13-9-22-12-5-4-10(16(20)21)8-11(12)15(13)7-3-1-2-6-14(18)19/h4-5,8,18-20H,1-3,6-7,9H2/q-1. The normalized spacial score (nSPS) is 13.6. The van der Waals surface area contributed by atoms with E-state index in [9.17, 15) is 10.0 Å². The van der Waals surface area contributed by atoms with Crippen molar-refractivity contribution >= 4 is 24.4 Å². The number of carbonyl (C=O) groups excluding carboxylic acids is 1. The highest BCUT2D eigenvalue weighted by atomic mass is 16.8. The Kier molecular flexibility index (Phi) is 5.61. The second-order valence-electron chi connectivity index (χ2n) is 5.09. The van der Waals surface area contributed by atoms with Crippen LogP contribution in [0.2, 0.25) is 6.32 Å². The fourth-order valence-electron chi connectivity index (χ4n) is 2.33. The van der Waals surface area contributed by atoms with Crippen LogP contribution in [0, 0.1) is 5.21 Å². The van der Waals surface area contributed by atoms with Crippen LogP contribution >= 0.6 is 0 Å². The summed E-state index contributed by atoms with van der Waals surface area (Å²) in [6, 6.07) is 4.34. The van der Waals surface area contributed by atoms with E-state index in [-0.39, 0.29) is 23.4 Å². The SMILES string of the molecule is O=C1COc2ccc(N([O-])O)cc2N1CCCCCB(O)O. The summed E-state index contributed by atoms with van der Waals surface area (Å²) in [6.45, 7) is 0.367. The first-order chi connectivity index (χ1) is 10.5. The number of anilines is 2. The van der Waals surface area contributed by atoms with Crippen LogP contribution in [0.4, 0.5) is 11.4 Å². The van der Waals surface area contributed by atoms with E-state index in [1.165, 1.54) is 23.1 Å². The quantitative estimate of drug-likeness (QED) is 0.386. The zero-order valence-electron chi connectivity index (χ0n) is 12.0. The maximum atomic E-state index is 12.0. The Bertz CT molecular complexity index is 525. The Hall–Kier alpha value is -1.81. The van der Waals surface area contributed by atoms with Gasteiger partial charge in [0.15, 0.2) is 6.61 Å². The maximum Gasteiger partial charge on any atom is 0.451 e. The predicted octanol–water partition coefficient (Wildman–Crippen LogP) is 0.748. The molecule has 1 aromatic rings. The summed E-state index contributed by atoms with van der Waals surface area (Å²) in [6.07, 6.45) is 2.37. The molecule has 0 saturated carbocycles. The van der Waals surface area contributed by atoms with E-state index < -0.39 is 7.12 Å². The summed E-state index contributed by atoms with van der Waals surface area (Å²) in [5, 5.41) is 37.2. The third kappa shape index (κ3) is 4.11. The van der Waals surface area contributed by atoms with E-state index in [0.29, 0.717) is 37.1 Å². The van der Waals surface area contributed by atoms with Crippen molar-refractivity contribution in [3.05, 3.63) is 23.4 Å². The van der Waals surface area contributed by atoms with Crippen LogP contribution in [0.1, 0.15) is 19.3 Å². The molecule has 9 heteroatoms. The highest BCUT2D eigenvalue weighted by Crippen LogP contribution is 2.35. The third-order valence-electron chi connectivity index (χ3n) is 3.45. The molecule has 1 amide bonds. The lowest BCUT2D eigenvalue weighted by atomic mass is 9.83. The average Bonchev–Trinajstić information content (AvgIpc) is 2.48. The van der Waals surface area contributed by atoms with Crippen molar-refractivity contribution in [1.29, 1.82) is 0 Å². The number of hydrogen-bond donors (Lipinski definition) is 3. The van der Waals surface area contributed by atoms with Crippen molar-refractivity contribution in [3.8, 4) is 5.75 Å². The van der Waals surface area contributed by atoms with Crippen molar-refractivity contribution in [2.45, 2.75) is 25.6 Å². The number of benzene rings is 1. The van der Waals surface area contributed by atoms with Crippen LogP contribution < -0.4 is 14.9 Å². The topological polar surface area (TPSA) is 117 Å². The number of amides is 1. The van der Waals surface area contributed by atoms with Crippen molar-refractivity contribution < 1.29 is 24.8 Å². The summed E-state index contributed by atoms with van der Waals surface area (Å²) >= 11 is 0. The highest BCUT2D eigenvalue weighted by molar-refractivity contribution is 6.40. The number of rotatable bonds is 7. The summed E-state index contributed by atoms with van der Waals surface area (Å²) in [7, 11) is -1.30. The van der Waals surface area contributed by atoms with E-state index in [4.69, 9.17) is 20.0 Å². The zero-order valence-corrected chi connectivity index (χ0v) is 12.0. The molecule has 8 nitrogen and oxygen atoms in total. The largest absolute Gasteiger partial charge is 0.733 e. The van der Waals surface area contributed by atoms with Gasteiger partial charge in [0.2, 0.25) is 0 Å². The Morgan fingerprint density at radius 1 is 1.32 bits per heavy atom. The summed E-state index contributed by atoms with van der Waals surface area (Å²) < 4.78 is 5.30. The fraction of sp³-hybridized carbons (Fsp3) is 0.462. The molecule has 1 aliphatic rings. The van der Waals surface area contributed by atoms with Gasteiger partial charge < -0.3 is 30.1 Å². The molecular formula is C13H18BN2O6-. The van der Waals surface area contributed by atoms with Crippen LogP contribution in [0.5, 0.6) is 5.75 Å². The zero-order chi connectivity index (χ0) is 16.1. The minimum atomic E-state index is -1.30. The van der Waals surface area contributed by atoms with Gasteiger partial charge >= 0.3 is 7.12 Å². The molecule has 0 bridgehead atoms. The second-order valence-corrected chi connectivity index (χ2v) is 5.09. The van der Waals surface area contributed by atoms with Crippen molar-refractivity contribution in [2.75, 3.05) is 23.3 Å². The summed E-state index contributed by atoms with van der Waals surface area (Å²) in [5.41, 5.74) is 0.469. The summed E-state index contributed by atoms with van der Waals surface area (Å²) in [5.74, 6) is 0.262. The average molecular weight is 309 g/mol. The Labute approximate surface area is 128 Å². The van der Waals surface area contributed by atoms with E-state index >= 15 is 0 Å². The van der Waals surface area contributed by atoms with Gasteiger partial charge in [0.25, 0.3) is 5.91 Å². The lowest BCUT2D eigenvalue weighted by molar-refractivity contribution is -0.121. The Balaban J connectivity index is 2.02. The molecule has 1 aliphatic heterocycles. The Morgan fingerprint density at radius 3 is 2.77 bits per heavy atom. The number of unbranched alkanes of at least 4 members (excludes halogenated alkanes) is 2. The highest BCUT2D eigenvalue weighted by Gasteiger charge is 2.25. The van der Waals surface area contributed by atoms with Gasteiger partial charge in [0.05, 0.1) is 11.4 Å². The van der Waals surface area contributed by atoms with Gasteiger partial charge in [-0.05, 0) is 30.9 Å². The van der Waals surface area contributed by atoms with Gasteiger partial charge in [-0.25, -0.2) is 0 Å². The first-order valence-electron chi connectivity index (χ1n) is 7.08. The molecule has 3 N–H and O–H groups in total. The van der Waals surface area contributed by atoms with E-state index in [1.54, 1.807) is 0 Å². The Morgan fingerprint density at radius 2 is 2.09 bits per heavy atom. The van der Waals surface area contributed by atoms with E-state index in [2.05, 4.69) is 0 Å². The van der Waals surface area contributed by atoms with E-state index in [1.807, 2.05) is 0 Å². The lowest BCUT2D eigenvalue weighted by Crippen LogP contribution is -2.39. The number of ether oxygens (including phenoxy) is 1. The molecule has 0 radical (unpaired) electrons. The molecule has 1 aromatic carbocycles. The molecule has 0 fully saturated rings. The van der Waals surface area contributed by atoms with Crippen molar-refractivity contribution in [2.24, 2.45) is 0 Å². The summed E-state index contributed by atoms with van der Waals surface area (Å²) in [4.78, 5) is 13.5. The van der Waals surface area contributed by atoms with Gasteiger partial charge in [0, 0.05) is 6.54 Å². The monoisotopic (exact) mass is 309 g/mol. The van der Waals surface area contributed by atoms with Crippen molar-refractivity contribution in [3.63, 3.8) is 0 Å². The molecule has 0 aromatic heterocycles. The van der Waals surface area contributed by atoms with E-state index in [0.717, 1.165) is 6.42 Å². The minimum Gasteiger partial charge on any atom is -0.733 e. The fourth-order valence-corrected chi connectivity index (χ4v) is 2.33. The molecule has 1 heterocycles. The van der Waals surface area contributed by atoms with Gasteiger partial charge in [-0.1, -0.05) is 12.8 Å². The number of fused-ring (bicyclic) bond motifs is 1. The molecule has 2 rings (SSSR count). The second kappa shape index (κ2) is 7.46. The van der Waals surface area contributed by atoms with Crippen LogP contribution in [-0.2, 0) is 4.79 Å². The molecule has 0 atom stereocenters. The van der Waals surface area contributed by atoms with Gasteiger partial charge in [-0.15, -0.1) is 0 Å². The van der Waals surface area contributed by atoms with Gasteiger partial charge in [0.1, 0.15) is 5.75 Å². The van der Waals surface area contributed by atoms with Crippen LogP contribution in [-0.4, -0.2) is 41.4 Å². The molecule has 22 heavy (non-hydrogen) atoms. The van der Waals surface area contributed by atoms with Gasteiger partial charge in [-0.2, -0.15) is 0 Å². The third-order valence-corrected chi connectivity index (χ3v) is 3.45. The van der Waals surface area contributed by atoms with Crippen LogP contribution in [0.3, 0.4) is 0 Å². The number of hydrogen-bond acceptors (Lipinski definition) is 7. The van der Waals surface area contributed by atoms with Gasteiger partial charge in [-0.3, -0.25) is 10.0 Å². The lowest BCUT2D eigenvalue weighted by Gasteiger charge is -2.31. The smallest absolute Gasteiger partial charge is 0.451 e. The molecule has 0 spiro atoms. The molecular weight excluding hydrogens is 291 g/mol. The van der Waals surface area contributed by atoms with Crippen molar-refractivity contribution in [1.82, 2.24) is 0 Å². The molecule has 0 saturated heterocycles. The number of carbonyl (C=O) groups is 1. The maximum absolute atomic E-state index is 12.0.